The Labute approximate surface area is 205 Å². The number of carbonyl (C=O) groups is 2. The van der Waals surface area contributed by atoms with Crippen LogP contribution in [0.25, 0.3) is 5.69 Å². The molecule has 3 aromatic rings. The van der Waals surface area contributed by atoms with Gasteiger partial charge in [0.2, 0.25) is 0 Å². The minimum absolute atomic E-state index is 0.00813. The molecule has 0 radical (unpaired) electrons. The molecule has 0 spiro atoms. The van der Waals surface area contributed by atoms with Crippen LogP contribution in [0.15, 0.2) is 67.0 Å². The van der Waals surface area contributed by atoms with Crippen molar-refractivity contribution in [2.24, 2.45) is 0 Å². The van der Waals surface area contributed by atoms with Crippen LogP contribution in [0.2, 0.25) is 0 Å². The highest BCUT2D eigenvalue weighted by molar-refractivity contribution is 5.95. The zero-order valence-electron chi connectivity index (χ0n) is 19.9. The van der Waals surface area contributed by atoms with Crippen LogP contribution in [-0.4, -0.2) is 47.4 Å². The van der Waals surface area contributed by atoms with Crippen molar-refractivity contribution in [1.82, 2.24) is 9.88 Å². The first-order valence-corrected chi connectivity index (χ1v) is 12.1. The van der Waals surface area contributed by atoms with Gasteiger partial charge in [-0.2, -0.15) is 0 Å². The van der Waals surface area contributed by atoms with E-state index < -0.39 is 5.97 Å². The van der Waals surface area contributed by atoms with Gasteiger partial charge in [0.1, 0.15) is 11.9 Å². The molecule has 0 bridgehead atoms. The second-order valence-corrected chi connectivity index (χ2v) is 8.68. The number of rotatable bonds is 11. The highest BCUT2D eigenvalue weighted by Gasteiger charge is 2.31. The van der Waals surface area contributed by atoms with E-state index in [4.69, 9.17) is 4.74 Å². The number of para-hydroxylation sites is 1. The van der Waals surface area contributed by atoms with Crippen molar-refractivity contribution in [2.75, 3.05) is 29.9 Å². The maximum absolute atomic E-state index is 12.0. The van der Waals surface area contributed by atoms with E-state index in [2.05, 4.69) is 22.5 Å². The summed E-state index contributed by atoms with van der Waals surface area (Å²) in [6.07, 6.45) is 8.16. The summed E-state index contributed by atoms with van der Waals surface area (Å²) in [6.45, 7) is 4.14. The average Bonchev–Trinajstić information content (AvgIpc) is 3.36. The van der Waals surface area contributed by atoms with E-state index in [1.165, 1.54) is 12.8 Å². The molecule has 0 saturated carbocycles. The van der Waals surface area contributed by atoms with Crippen molar-refractivity contribution in [2.45, 2.75) is 38.7 Å². The van der Waals surface area contributed by atoms with E-state index in [-0.39, 0.29) is 17.7 Å². The van der Waals surface area contributed by atoms with Gasteiger partial charge in [0, 0.05) is 24.6 Å². The predicted molar refractivity (Wildman–Crippen MR) is 137 cm³/mol. The Morgan fingerprint density at radius 1 is 1.00 bits per heavy atom. The molecular weight excluding hydrogens is 444 g/mol. The fraction of sp³-hybridized carbons (Fsp3) is 0.333. The Morgan fingerprint density at radius 3 is 2.43 bits per heavy atom. The zero-order valence-corrected chi connectivity index (χ0v) is 19.9. The topological polar surface area (TPSA) is 95.8 Å². The fourth-order valence-corrected chi connectivity index (χ4v) is 4.16. The number of carboxylic acid groups (broad SMARTS) is 1. The number of ether oxygens (including phenoxy) is 1. The Hall–Kier alpha value is -3.94. The molecule has 2 aromatic carbocycles. The summed E-state index contributed by atoms with van der Waals surface area (Å²) in [7, 11) is 0. The lowest BCUT2D eigenvalue weighted by Crippen LogP contribution is -2.54. The van der Waals surface area contributed by atoms with Gasteiger partial charge in [-0.15, -0.1) is 0 Å². The van der Waals surface area contributed by atoms with Crippen LogP contribution in [0.1, 0.15) is 43.0 Å². The second kappa shape index (κ2) is 11.5. The Morgan fingerprint density at radius 2 is 1.74 bits per heavy atom. The number of carbonyl (C=O) groups excluding carboxylic acids is 1. The molecule has 1 aromatic heterocycles. The van der Waals surface area contributed by atoms with E-state index >= 15 is 0 Å². The van der Waals surface area contributed by atoms with Crippen LogP contribution < -0.4 is 20.3 Å². The average molecular weight is 477 g/mol. The molecule has 1 aliphatic heterocycles. The summed E-state index contributed by atoms with van der Waals surface area (Å²) in [6, 6.07) is 16.2. The smallest absolute Gasteiger partial charge is 0.337 e. The van der Waals surface area contributed by atoms with Gasteiger partial charge < -0.3 is 29.9 Å². The third kappa shape index (κ3) is 6.15. The highest BCUT2D eigenvalue weighted by Crippen LogP contribution is 2.32. The largest absolute Gasteiger partial charge is 0.487 e. The number of nitrogens with one attached hydrogen (secondary N) is 2. The summed E-state index contributed by atoms with van der Waals surface area (Å²) in [4.78, 5) is 25.9. The molecule has 1 saturated heterocycles. The standard InChI is InChI=1S/C27H32N4O4/c1-2-3-4-5-15-28-27(34)29-20-11-13-21(14-12-20)35-22-18-31(19-22)24-10-8-9-23(26(32)33)25(24)30-16-6-7-17-30/h6-14,16-17,22H,2-5,15,18-19H2,1H3,(H,32,33)(H2,28,29,34). The van der Waals surface area contributed by atoms with Crippen LogP contribution in [-0.2, 0) is 0 Å². The molecule has 0 atom stereocenters. The quantitative estimate of drug-likeness (QED) is 0.333. The number of nitrogens with zero attached hydrogens (tertiary/aromatic N) is 2. The minimum Gasteiger partial charge on any atom is -0.487 e. The van der Waals surface area contributed by atoms with E-state index in [1.54, 1.807) is 12.1 Å². The van der Waals surface area contributed by atoms with Crippen LogP contribution in [0.4, 0.5) is 16.2 Å². The molecule has 1 aliphatic rings. The lowest BCUT2D eigenvalue weighted by Gasteiger charge is -2.41. The molecule has 2 heterocycles. The number of aromatic carboxylic acids is 1. The summed E-state index contributed by atoms with van der Waals surface area (Å²) >= 11 is 0. The van der Waals surface area contributed by atoms with E-state index in [0.717, 1.165) is 24.3 Å². The summed E-state index contributed by atoms with van der Waals surface area (Å²) < 4.78 is 7.91. The molecule has 0 aliphatic carbocycles. The summed E-state index contributed by atoms with van der Waals surface area (Å²) in [5, 5.41) is 15.4. The fourth-order valence-electron chi connectivity index (χ4n) is 4.16. The van der Waals surface area contributed by atoms with Crippen LogP contribution in [0, 0.1) is 0 Å². The van der Waals surface area contributed by atoms with Gasteiger partial charge >= 0.3 is 12.0 Å². The Balaban J connectivity index is 1.30. The number of hydrogen-bond donors (Lipinski definition) is 3. The number of aromatic nitrogens is 1. The molecule has 8 heteroatoms. The van der Waals surface area contributed by atoms with Gasteiger partial charge in [0.05, 0.1) is 30.0 Å². The van der Waals surface area contributed by atoms with Crippen LogP contribution in [0.3, 0.4) is 0 Å². The molecule has 2 amide bonds. The number of hydrogen-bond acceptors (Lipinski definition) is 4. The maximum atomic E-state index is 12.0. The van der Waals surface area contributed by atoms with Crippen molar-refractivity contribution < 1.29 is 19.4 Å². The van der Waals surface area contributed by atoms with E-state index in [1.807, 2.05) is 59.4 Å². The SMILES string of the molecule is CCCCCCNC(=O)Nc1ccc(OC2CN(c3cccc(C(=O)O)c3-n3cccc3)C2)cc1. The molecule has 4 rings (SSSR count). The van der Waals surface area contributed by atoms with E-state index in [0.29, 0.717) is 31.0 Å². The third-order valence-corrected chi connectivity index (χ3v) is 6.03. The van der Waals surface area contributed by atoms with Gasteiger partial charge in [0.15, 0.2) is 0 Å². The first-order chi connectivity index (χ1) is 17.0. The molecule has 35 heavy (non-hydrogen) atoms. The van der Waals surface area contributed by atoms with E-state index in [9.17, 15) is 14.7 Å². The number of anilines is 2. The van der Waals surface area contributed by atoms with Crippen molar-refractivity contribution in [3.05, 3.63) is 72.6 Å². The first kappa shape index (κ1) is 24.2. The number of unbranched alkanes of at least 4 members (excludes halogenated alkanes) is 3. The molecule has 1 fully saturated rings. The van der Waals surface area contributed by atoms with Gasteiger partial charge in [-0.1, -0.05) is 32.3 Å². The number of benzene rings is 2. The van der Waals surface area contributed by atoms with Crippen LogP contribution >= 0.6 is 0 Å². The minimum atomic E-state index is -0.956. The van der Waals surface area contributed by atoms with Crippen molar-refractivity contribution in [3.8, 4) is 11.4 Å². The van der Waals surface area contributed by atoms with Crippen LogP contribution in [0.5, 0.6) is 5.75 Å². The molecule has 184 valence electrons. The number of urea groups is 1. The lowest BCUT2D eigenvalue weighted by atomic mass is 10.1. The maximum Gasteiger partial charge on any atom is 0.337 e. The third-order valence-electron chi connectivity index (χ3n) is 6.03. The summed E-state index contributed by atoms with van der Waals surface area (Å²) in [5.74, 6) is -0.229. The highest BCUT2D eigenvalue weighted by atomic mass is 16.5. The number of carboxylic acids is 1. The van der Waals surface area contributed by atoms with Crippen molar-refractivity contribution >= 4 is 23.4 Å². The molecule has 3 N–H and O–H groups in total. The van der Waals surface area contributed by atoms with Crippen molar-refractivity contribution in [1.29, 1.82) is 0 Å². The van der Waals surface area contributed by atoms with Gasteiger partial charge in [-0.3, -0.25) is 0 Å². The van der Waals surface area contributed by atoms with Crippen molar-refractivity contribution in [3.63, 3.8) is 0 Å². The lowest BCUT2D eigenvalue weighted by molar-refractivity contribution is 0.0697. The number of amides is 2. The first-order valence-electron chi connectivity index (χ1n) is 12.1. The molecule has 0 unspecified atom stereocenters. The Bertz CT molecular complexity index is 1120. The molecule has 8 nitrogen and oxygen atoms in total. The second-order valence-electron chi connectivity index (χ2n) is 8.68. The normalized spacial score (nSPS) is 13.2. The zero-order chi connectivity index (χ0) is 24.6. The Kier molecular flexibility index (Phi) is 7.92. The summed E-state index contributed by atoms with van der Waals surface area (Å²) in [5.41, 5.74) is 2.49. The van der Waals surface area contributed by atoms with Gasteiger partial charge in [-0.25, -0.2) is 9.59 Å². The monoisotopic (exact) mass is 476 g/mol. The van der Waals surface area contributed by atoms with Gasteiger partial charge in [0.25, 0.3) is 0 Å². The predicted octanol–water partition coefficient (Wildman–Crippen LogP) is 5.14. The van der Waals surface area contributed by atoms with Gasteiger partial charge in [-0.05, 0) is 55.0 Å². The molecular formula is C27H32N4O4.